The molecule has 2 aromatic rings. The standard InChI is InChI=1S/C8H6O2.C3H6N6/c9-5-7-1-2-8(6-10)4-3-7;4-1-7-2(5)9-3(6)8-1/h1-6H;(H6,4,5,6,7,8,9). The summed E-state index contributed by atoms with van der Waals surface area (Å²) < 4.78 is 0. The summed E-state index contributed by atoms with van der Waals surface area (Å²) in [6.45, 7) is 0. The molecule has 0 aliphatic heterocycles. The van der Waals surface area contributed by atoms with E-state index in [9.17, 15) is 9.59 Å². The molecule has 1 aromatic carbocycles. The molecule has 0 aliphatic rings. The molecule has 0 saturated carbocycles. The van der Waals surface area contributed by atoms with Crippen LogP contribution in [-0.4, -0.2) is 27.5 Å². The van der Waals surface area contributed by atoms with Crippen molar-refractivity contribution >= 4 is 30.4 Å². The van der Waals surface area contributed by atoms with E-state index in [-0.39, 0.29) is 17.8 Å². The van der Waals surface area contributed by atoms with Crippen LogP contribution in [0.4, 0.5) is 17.8 Å². The monoisotopic (exact) mass is 260 g/mol. The van der Waals surface area contributed by atoms with Crippen LogP contribution in [0.25, 0.3) is 0 Å². The number of nitrogens with zero attached hydrogens (tertiary/aromatic N) is 3. The first-order valence-electron chi connectivity index (χ1n) is 5.08. The van der Waals surface area contributed by atoms with Crippen molar-refractivity contribution in [1.82, 2.24) is 15.0 Å². The summed E-state index contributed by atoms with van der Waals surface area (Å²) in [6.07, 6.45) is 1.49. The summed E-state index contributed by atoms with van der Waals surface area (Å²) in [4.78, 5) is 30.7. The van der Waals surface area contributed by atoms with Gasteiger partial charge in [-0.15, -0.1) is 0 Å². The molecule has 0 amide bonds. The molecular formula is C11H12N6O2. The van der Waals surface area contributed by atoms with Crippen molar-refractivity contribution in [2.75, 3.05) is 17.2 Å². The lowest BCUT2D eigenvalue weighted by atomic mass is 10.2. The van der Waals surface area contributed by atoms with Crippen molar-refractivity contribution < 1.29 is 9.59 Å². The molecule has 0 bridgehead atoms. The highest BCUT2D eigenvalue weighted by molar-refractivity contribution is 5.79. The van der Waals surface area contributed by atoms with E-state index in [1.807, 2.05) is 0 Å². The number of benzene rings is 1. The van der Waals surface area contributed by atoms with E-state index in [1.54, 1.807) is 24.3 Å². The molecule has 8 nitrogen and oxygen atoms in total. The smallest absolute Gasteiger partial charge is 0.226 e. The van der Waals surface area contributed by atoms with Crippen LogP contribution in [0.2, 0.25) is 0 Å². The Balaban J connectivity index is 0.000000191. The van der Waals surface area contributed by atoms with Crippen molar-refractivity contribution in [3.05, 3.63) is 35.4 Å². The molecule has 0 aliphatic carbocycles. The van der Waals surface area contributed by atoms with Gasteiger partial charge in [0, 0.05) is 11.1 Å². The highest BCUT2D eigenvalue weighted by atomic mass is 16.1. The Bertz CT molecular complexity index is 492. The number of rotatable bonds is 2. The lowest BCUT2D eigenvalue weighted by Crippen LogP contribution is -2.05. The maximum atomic E-state index is 10.1. The Morgan fingerprint density at radius 1 is 0.684 bits per heavy atom. The third kappa shape index (κ3) is 4.77. The summed E-state index contributed by atoms with van der Waals surface area (Å²) in [5.41, 5.74) is 16.6. The number of nitrogen functional groups attached to an aromatic ring is 3. The molecule has 8 heteroatoms. The highest BCUT2D eigenvalue weighted by Crippen LogP contribution is 1.98. The van der Waals surface area contributed by atoms with E-state index < -0.39 is 0 Å². The second-order valence-electron chi connectivity index (χ2n) is 3.31. The lowest BCUT2D eigenvalue weighted by Gasteiger charge is -1.93. The largest absolute Gasteiger partial charge is 0.368 e. The topological polar surface area (TPSA) is 151 Å². The fourth-order valence-corrected chi connectivity index (χ4v) is 1.08. The summed E-state index contributed by atoms with van der Waals surface area (Å²) in [5, 5.41) is 0. The van der Waals surface area contributed by atoms with Crippen LogP contribution < -0.4 is 17.2 Å². The van der Waals surface area contributed by atoms with Gasteiger partial charge in [-0.05, 0) is 0 Å². The van der Waals surface area contributed by atoms with Gasteiger partial charge in [0.1, 0.15) is 12.6 Å². The van der Waals surface area contributed by atoms with Crippen LogP contribution in [0.1, 0.15) is 20.7 Å². The van der Waals surface area contributed by atoms with Gasteiger partial charge in [-0.1, -0.05) is 24.3 Å². The second kappa shape index (κ2) is 6.64. The van der Waals surface area contributed by atoms with Gasteiger partial charge in [-0.3, -0.25) is 9.59 Å². The number of aldehydes is 2. The minimum Gasteiger partial charge on any atom is -0.368 e. The van der Waals surface area contributed by atoms with Gasteiger partial charge in [0.15, 0.2) is 0 Å². The van der Waals surface area contributed by atoms with E-state index in [1.165, 1.54) is 0 Å². The maximum Gasteiger partial charge on any atom is 0.226 e. The van der Waals surface area contributed by atoms with E-state index in [4.69, 9.17) is 17.2 Å². The zero-order valence-electron chi connectivity index (χ0n) is 9.85. The van der Waals surface area contributed by atoms with Gasteiger partial charge in [-0.2, -0.15) is 15.0 Å². The summed E-state index contributed by atoms with van der Waals surface area (Å²) >= 11 is 0. The van der Waals surface area contributed by atoms with Gasteiger partial charge in [0.25, 0.3) is 0 Å². The zero-order valence-corrected chi connectivity index (χ0v) is 9.85. The number of hydrogen-bond donors (Lipinski definition) is 3. The SMILES string of the molecule is Nc1nc(N)nc(N)n1.O=Cc1ccc(C=O)cc1. The first-order chi connectivity index (χ1) is 9.05. The van der Waals surface area contributed by atoms with Gasteiger partial charge in [-0.25, -0.2) is 0 Å². The molecule has 6 N–H and O–H groups in total. The van der Waals surface area contributed by atoms with Crippen molar-refractivity contribution in [3.8, 4) is 0 Å². The number of anilines is 3. The van der Waals surface area contributed by atoms with Gasteiger partial charge >= 0.3 is 0 Å². The first-order valence-corrected chi connectivity index (χ1v) is 5.08. The lowest BCUT2D eigenvalue weighted by molar-refractivity contribution is 0.111. The fraction of sp³-hybridized carbons (Fsp3) is 0. The van der Waals surface area contributed by atoms with Crippen LogP contribution in [0.15, 0.2) is 24.3 Å². The van der Waals surface area contributed by atoms with Crippen LogP contribution in [0.5, 0.6) is 0 Å². The molecule has 1 aromatic heterocycles. The van der Waals surface area contributed by atoms with Crippen LogP contribution >= 0.6 is 0 Å². The average Bonchev–Trinajstić information content (AvgIpc) is 2.38. The maximum absolute atomic E-state index is 10.1. The zero-order chi connectivity index (χ0) is 14.3. The quantitative estimate of drug-likeness (QED) is 0.634. The molecule has 0 atom stereocenters. The number of carbonyl (C=O) groups is 2. The molecule has 1 heterocycles. The molecule has 0 spiro atoms. The molecule has 0 unspecified atom stereocenters. The van der Waals surface area contributed by atoms with Crippen molar-refractivity contribution in [2.24, 2.45) is 0 Å². The van der Waals surface area contributed by atoms with E-state index in [0.717, 1.165) is 12.6 Å². The predicted octanol–water partition coefficient (Wildman–Crippen LogP) is -0.0702. The third-order valence-corrected chi connectivity index (χ3v) is 1.90. The molecule has 2 rings (SSSR count). The van der Waals surface area contributed by atoms with Crippen molar-refractivity contribution in [3.63, 3.8) is 0 Å². The van der Waals surface area contributed by atoms with E-state index in [2.05, 4.69) is 15.0 Å². The Morgan fingerprint density at radius 3 is 1.16 bits per heavy atom. The molecule has 0 fully saturated rings. The van der Waals surface area contributed by atoms with Gasteiger partial charge in [0.2, 0.25) is 17.8 Å². The number of hydrogen-bond acceptors (Lipinski definition) is 8. The number of aromatic nitrogens is 3. The van der Waals surface area contributed by atoms with Crippen LogP contribution in [0, 0.1) is 0 Å². The third-order valence-electron chi connectivity index (χ3n) is 1.90. The van der Waals surface area contributed by atoms with Gasteiger partial charge in [0.05, 0.1) is 0 Å². The summed E-state index contributed by atoms with van der Waals surface area (Å²) in [7, 11) is 0. The average molecular weight is 260 g/mol. The normalized spacial score (nSPS) is 9.05. The minimum absolute atomic E-state index is 0.0417. The Hall–Kier alpha value is -3.03. The Kier molecular flexibility index (Phi) is 4.91. The second-order valence-corrected chi connectivity index (χ2v) is 3.31. The fourth-order valence-electron chi connectivity index (χ4n) is 1.08. The van der Waals surface area contributed by atoms with Gasteiger partial charge < -0.3 is 17.2 Å². The Morgan fingerprint density at radius 2 is 0.947 bits per heavy atom. The first kappa shape index (κ1) is 14.0. The molecule has 0 radical (unpaired) electrons. The predicted molar refractivity (Wildman–Crippen MR) is 70.3 cm³/mol. The minimum atomic E-state index is 0.0417. The highest BCUT2D eigenvalue weighted by Gasteiger charge is 1.93. The van der Waals surface area contributed by atoms with E-state index in [0.29, 0.717) is 11.1 Å². The molecule has 98 valence electrons. The number of carbonyl (C=O) groups excluding carboxylic acids is 2. The van der Waals surface area contributed by atoms with Crippen LogP contribution in [0.3, 0.4) is 0 Å². The summed E-state index contributed by atoms with van der Waals surface area (Å²) in [6, 6.07) is 6.43. The molecule has 0 saturated heterocycles. The molecular weight excluding hydrogens is 248 g/mol. The van der Waals surface area contributed by atoms with Crippen molar-refractivity contribution in [2.45, 2.75) is 0 Å². The number of nitrogens with two attached hydrogens (primary N) is 3. The van der Waals surface area contributed by atoms with Crippen molar-refractivity contribution in [1.29, 1.82) is 0 Å². The summed E-state index contributed by atoms with van der Waals surface area (Å²) in [5.74, 6) is 0.125. The Labute approximate surface area is 108 Å². The molecule has 19 heavy (non-hydrogen) atoms. The van der Waals surface area contributed by atoms with Crippen LogP contribution in [-0.2, 0) is 0 Å². The van der Waals surface area contributed by atoms with E-state index >= 15 is 0 Å².